The number of nitrogens with one attached hydrogen (secondary N) is 2. The van der Waals surface area contributed by atoms with E-state index in [1.165, 1.54) is 12.1 Å². The molecule has 0 amide bonds. The van der Waals surface area contributed by atoms with Gasteiger partial charge in [-0.15, -0.1) is 0 Å². The fourth-order valence-corrected chi connectivity index (χ4v) is 2.75. The summed E-state index contributed by atoms with van der Waals surface area (Å²) in [5.41, 5.74) is 6.04. The van der Waals surface area contributed by atoms with Gasteiger partial charge in [0.05, 0.1) is 5.56 Å². The van der Waals surface area contributed by atoms with E-state index in [2.05, 4.69) is 41.2 Å². The number of rotatable bonds is 5. The smallest absolute Gasteiger partial charge is 0.368 e. The Morgan fingerprint density at radius 1 is 1.19 bits per heavy atom. The van der Waals surface area contributed by atoms with Crippen molar-refractivity contribution in [2.75, 3.05) is 11.9 Å². The molecule has 1 aromatic carbocycles. The molecule has 0 aliphatic heterocycles. The molecule has 0 unspecified atom stereocenters. The predicted octanol–water partition coefficient (Wildman–Crippen LogP) is 4.07. The number of alkyl halides is 3. The van der Waals surface area contributed by atoms with Gasteiger partial charge in [-0.2, -0.15) is 13.2 Å². The van der Waals surface area contributed by atoms with Crippen LogP contribution in [0.2, 0.25) is 0 Å². The average molecular weight is 441 g/mol. The molecule has 27 heavy (non-hydrogen) atoms. The Labute approximate surface area is 161 Å². The zero-order valence-electron chi connectivity index (χ0n) is 14.2. The fraction of sp³-hybridized carbons (Fsp3) is 0.235. The summed E-state index contributed by atoms with van der Waals surface area (Å²) in [5, 5.41) is 3.10. The van der Waals surface area contributed by atoms with E-state index >= 15 is 0 Å². The van der Waals surface area contributed by atoms with E-state index in [0.717, 1.165) is 12.1 Å². The highest BCUT2D eigenvalue weighted by molar-refractivity contribution is 9.10. The molecular formula is C17H16BrF3N6. The Kier molecular flexibility index (Phi) is 5.47. The summed E-state index contributed by atoms with van der Waals surface area (Å²) < 4.78 is 38.6. The largest absolute Gasteiger partial charge is 0.416 e. The molecule has 6 nitrogen and oxygen atoms in total. The number of nitrogens with two attached hydrogens (primary N) is 1. The molecule has 2 heterocycles. The van der Waals surface area contributed by atoms with Crippen LogP contribution in [0.25, 0.3) is 22.9 Å². The van der Waals surface area contributed by atoms with Gasteiger partial charge in [0, 0.05) is 24.3 Å². The first-order valence-electron chi connectivity index (χ1n) is 8.00. The lowest BCUT2D eigenvalue weighted by Gasteiger charge is -2.08. The lowest BCUT2D eigenvalue weighted by Crippen LogP contribution is -2.25. The number of aromatic amines is 1. The van der Waals surface area contributed by atoms with Gasteiger partial charge in [-0.25, -0.2) is 15.0 Å². The van der Waals surface area contributed by atoms with Crippen molar-refractivity contribution in [3.8, 4) is 22.9 Å². The summed E-state index contributed by atoms with van der Waals surface area (Å²) in [6, 6.07) is 6.43. The number of hydrogen-bond acceptors (Lipinski definition) is 5. The van der Waals surface area contributed by atoms with Crippen molar-refractivity contribution in [2.45, 2.75) is 19.1 Å². The fourth-order valence-electron chi connectivity index (χ4n) is 2.30. The van der Waals surface area contributed by atoms with Crippen molar-refractivity contribution in [3.05, 3.63) is 46.7 Å². The van der Waals surface area contributed by atoms with Crippen molar-refractivity contribution in [1.29, 1.82) is 0 Å². The van der Waals surface area contributed by atoms with E-state index in [4.69, 9.17) is 5.73 Å². The van der Waals surface area contributed by atoms with Crippen molar-refractivity contribution in [3.63, 3.8) is 0 Å². The molecule has 1 atom stereocenters. The molecule has 142 valence electrons. The van der Waals surface area contributed by atoms with Gasteiger partial charge in [0.15, 0.2) is 5.82 Å². The van der Waals surface area contributed by atoms with E-state index in [0.29, 0.717) is 39.9 Å². The van der Waals surface area contributed by atoms with Gasteiger partial charge >= 0.3 is 6.18 Å². The first-order valence-corrected chi connectivity index (χ1v) is 8.79. The zero-order valence-corrected chi connectivity index (χ0v) is 15.8. The number of benzene rings is 1. The number of H-pyrrole nitrogens is 1. The zero-order chi connectivity index (χ0) is 19.6. The van der Waals surface area contributed by atoms with Crippen LogP contribution in [0, 0.1) is 0 Å². The second kappa shape index (κ2) is 7.65. The summed E-state index contributed by atoms with van der Waals surface area (Å²) in [7, 11) is 0. The maximum atomic E-state index is 12.7. The highest BCUT2D eigenvalue weighted by atomic mass is 79.9. The Morgan fingerprint density at radius 3 is 2.52 bits per heavy atom. The Morgan fingerprint density at radius 2 is 1.89 bits per heavy atom. The molecule has 0 saturated heterocycles. The second-order valence-corrected chi connectivity index (χ2v) is 6.70. The average Bonchev–Trinajstić information content (AvgIpc) is 3.01. The summed E-state index contributed by atoms with van der Waals surface area (Å²) >= 11 is 3.34. The van der Waals surface area contributed by atoms with Gasteiger partial charge in [-0.3, -0.25) is 0 Å². The molecule has 3 rings (SSSR count). The van der Waals surface area contributed by atoms with Gasteiger partial charge in [0.25, 0.3) is 0 Å². The molecule has 4 N–H and O–H groups in total. The molecule has 3 aromatic rings. The minimum absolute atomic E-state index is 0.0337. The third-order valence-electron chi connectivity index (χ3n) is 3.63. The molecule has 10 heteroatoms. The quantitative estimate of drug-likeness (QED) is 0.555. The highest BCUT2D eigenvalue weighted by Gasteiger charge is 2.30. The molecular weight excluding hydrogens is 425 g/mol. The molecule has 0 radical (unpaired) electrons. The summed E-state index contributed by atoms with van der Waals surface area (Å²) in [5.74, 6) is 1.40. The Bertz CT molecular complexity index is 921. The topological polar surface area (TPSA) is 92.5 Å². The molecule has 0 aliphatic carbocycles. The standard InChI is InChI=1S/C17H16BrF3N6/c1-9(22)8-24-12-6-7-23-16(25-12)13-14(18)27-15(26-13)10-2-4-11(5-3-10)17(19,20)21/h2-7,9H,8,22H2,1H3,(H,26,27)(H,23,24,25)/t9-/m0/s1. The van der Waals surface area contributed by atoms with Crippen LogP contribution in [0.15, 0.2) is 41.1 Å². The van der Waals surface area contributed by atoms with Crippen LogP contribution >= 0.6 is 15.9 Å². The number of anilines is 1. The van der Waals surface area contributed by atoms with Crippen LogP contribution in [0.1, 0.15) is 12.5 Å². The van der Waals surface area contributed by atoms with Crippen LogP contribution in [0.4, 0.5) is 19.0 Å². The van der Waals surface area contributed by atoms with Crippen molar-refractivity contribution < 1.29 is 13.2 Å². The normalized spacial score (nSPS) is 12.8. The van der Waals surface area contributed by atoms with Crippen LogP contribution in [0.3, 0.4) is 0 Å². The van der Waals surface area contributed by atoms with Crippen LogP contribution in [0.5, 0.6) is 0 Å². The monoisotopic (exact) mass is 440 g/mol. The lowest BCUT2D eigenvalue weighted by atomic mass is 10.1. The summed E-state index contributed by atoms with van der Waals surface area (Å²) in [6.07, 6.45) is -2.79. The van der Waals surface area contributed by atoms with Crippen LogP contribution in [-0.4, -0.2) is 32.5 Å². The molecule has 0 fully saturated rings. The van der Waals surface area contributed by atoms with E-state index in [-0.39, 0.29) is 6.04 Å². The Balaban J connectivity index is 1.88. The first kappa shape index (κ1) is 19.3. The maximum Gasteiger partial charge on any atom is 0.416 e. The van der Waals surface area contributed by atoms with E-state index in [1.807, 2.05) is 6.92 Å². The number of halogens is 4. The lowest BCUT2D eigenvalue weighted by molar-refractivity contribution is -0.137. The molecule has 0 spiro atoms. The minimum atomic E-state index is -4.38. The highest BCUT2D eigenvalue weighted by Crippen LogP contribution is 2.32. The third kappa shape index (κ3) is 4.64. The van der Waals surface area contributed by atoms with E-state index in [9.17, 15) is 13.2 Å². The first-order chi connectivity index (χ1) is 12.7. The van der Waals surface area contributed by atoms with Gasteiger partial charge in [0.1, 0.15) is 21.9 Å². The molecule has 0 saturated carbocycles. The third-order valence-corrected chi connectivity index (χ3v) is 4.20. The SMILES string of the molecule is C[C@H](N)CNc1ccnc(-c2[nH]c(-c3ccc(C(F)(F)F)cc3)nc2Br)n1. The Hall–Kier alpha value is -2.46. The minimum Gasteiger partial charge on any atom is -0.368 e. The number of hydrogen-bond donors (Lipinski definition) is 3. The van der Waals surface area contributed by atoms with Gasteiger partial charge < -0.3 is 16.0 Å². The summed E-state index contributed by atoms with van der Waals surface area (Å²) in [6.45, 7) is 2.42. The number of aromatic nitrogens is 4. The van der Waals surface area contributed by atoms with Crippen LogP contribution in [-0.2, 0) is 6.18 Å². The maximum absolute atomic E-state index is 12.7. The van der Waals surface area contributed by atoms with E-state index < -0.39 is 11.7 Å². The molecule has 0 bridgehead atoms. The molecule has 0 aliphatic rings. The summed E-state index contributed by atoms with van der Waals surface area (Å²) in [4.78, 5) is 16.0. The van der Waals surface area contributed by atoms with Crippen molar-refractivity contribution in [1.82, 2.24) is 19.9 Å². The second-order valence-electron chi connectivity index (χ2n) is 5.95. The van der Waals surface area contributed by atoms with Gasteiger partial charge in [0.2, 0.25) is 0 Å². The van der Waals surface area contributed by atoms with Gasteiger partial charge in [-0.05, 0) is 41.1 Å². The predicted molar refractivity (Wildman–Crippen MR) is 99.9 cm³/mol. The van der Waals surface area contributed by atoms with Crippen molar-refractivity contribution in [2.24, 2.45) is 5.73 Å². The molecule has 2 aromatic heterocycles. The van der Waals surface area contributed by atoms with Gasteiger partial charge in [-0.1, -0.05) is 12.1 Å². The number of nitrogens with zero attached hydrogens (tertiary/aromatic N) is 3. The van der Waals surface area contributed by atoms with Crippen molar-refractivity contribution >= 4 is 21.7 Å². The number of imidazole rings is 1. The van der Waals surface area contributed by atoms with E-state index in [1.54, 1.807) is 12.3 Å². The van der Waals surface area contributed by atoms with Crippen LogP contribution < -0.4 is 11.1 Å².